The number of hydrogen-bond acceptors (Lipinski definition) is 2. The number of carboxylic acid groups (broad SMARTS) is 1. The van der Waals surface area contributed by atoms with E-state index in [1.54, 1.807) is 30.3 Å². The fraction of sp³-hybridized carbons (Fsp3) is 0.417. The lowest BCUT2D eigenvalue weighted by molar-refractivity contribution is -0.185. The second-order valence-electron chi connectivity index (χ2n) is 4.09. The highest BCUT2D eigenvalue weighted by Crippen LogP contribution is 2.35. The van der Waals surface area contributed by atoms with Crippen molar-refractivity contribution in [3.63, 3.8) is 0 Å². The Bertz CT molecular complexity index is 392. The van der Waals surface area contributed by atoms with Crippen LogP contribution in [-0.4, -0.2) is 17.3 Å². The molecule has 100 valence electrons. The third kappa shape index (κ3) is 4.37. The van der Waals surface area contributed by atoms with Gasteiger partial charge in [0.2, 0.25) is 0 Å². The molecule has 0 radical (unpaired) electrons. The smallest absolute Gasteiger partial charge is 0.392 e. The average Bonchev–Trinajstić information content (AvgIpc) is 2.27. The van der Waals surface area contributed by atoms with Gasteiger partial charge in [0.1, 0.15) is 0 Å². The number of rotatable bonds is 5. The SMILES string of the molecule is N[C@H](C[C@@H](CC(=O)O)C(F)(F)F)c1ccccc1. The number of alkyl halides is 3. The van der Waals surface area contributed by atoms with E-state index in [4.69, 9.17) is 10.8 Å². The van der Waals surface area contributed by atoms with Crippen LogP contribution in [0.15, 0.2) is 30.3 Å². The Morgan fingerprint density at radius 1 is 1.28 bits per heavy atom. The normalized spacial score (nSPS) is 15.1. The van der Waals surface area contributed by atoms with Crippen LogP contribution in [0.2, 0.25) is 0 Å². The van der Waals surface area contributed by atoms with Crippen LogP contribution < -0.4 is 5.73 Å². The van der Waals surface area contributed by atoms with Crippen molar-refractivity contribution in [3.05, 3.63) is 35.9 Å². The number of hydrogen-bond donors (Lipinski definition) is 2. The summed E-state index contributed by atoms with van der Waals surface area (Å²) in [6, 6.07) is 7.51. The van der Waals surface area contributed by atoms with Gasteiger partial charge in [0, 0.05) is 6.04 Å². The van der Waals surface area contributed by atoms with Crippen molar-refractivity contribution in [1.29, 1.82) is 0 Å². The van der Waals surface area contributed by atoms with Gasteiger partial charge in [-0.25, -0.2) is 0 Å². The summed E-state index contributed by atoms with van der Waals surface area (Å²) in [7, 11) is 0. The number of carboxylic acids is 1. The summed E-state index contributed by atoms with van der Waals surface area (Å²) in [5, 5.41) is 8.49. The minimum atomic E-state index is -4.55. The van der Waals surface area contributed by atoms with Gasteiger partial charge in [0.05, 0.1) is 12.3 Å². The highest BCUT2D eigenvalue weighted by Gasteiger charge is 2.41. The quantitative estimate of drug-likeness (QED) is 0.856. The molecule has 0 saturated heterocycles. The molecule has 6 heteroatoms. The van der Waals surface area contributed by atoms with Crippen molar-refractivity contribution in [2.24, 2.45) is 11.7 Å². The van der Waals surface area contributed by atoms with E-state index >= 15 is 0 Å². The van der Waals surface area contributed by atoms with Crippen LogP contribution in [0.4, 0.5) is 13.2 Å². The zero-order valence-corrected chi connectivity index (χ0v) is 9.52. The van der Waals surface area contributed by atoms with Gasteiger partial charge in [-0.05, 0) is 12.0 Å². The fourth-order valence-corrected chi connectivity index (χ4v) is 1.69. The van der Waals surface area contributed by atoms with E-state index in [1.807, 2.05) is 0 Å². The first kappa shape index (κ1) is 14.5. The highest BCUT2D eigenvalue weighted by molar-refractivity contribution is 5.67. The maximum Gasteiger partial charge on any atom is 0.392 e. The molecule has 0 spiro atoms. The van der Waals surface area contributed by atoms with Crippen LogP contribution in [0, 0.1) is 5.92 Å². The lowest BCUT2D eigenvalue weighted by Gasteiger charge is -2.22. The molecule has 1 aromatic carbocycles. The molecule has 2 atom stereocenters. The molecule has 1 aromatic rings. The van der Waals surface area contributed by atoms with Gasteiger partial charge >= 0.3 is 12.1 Å². The van der Waals surface area contributed by atoms with Crippen molar-refractivity contribution in [2.75, 3.05) is 0 Å². The molecule has 3 nitrogen and oxygen atoms in total. The predicted octanol–water partition coefficient (Wildman–Crippen LogP) is 2.73. The van der Waals surface area contributed by atoms with Crippen LogP contribution in [0.25, 0.3) is 0 Å². The van der Waals surface area contributed by atoms with Crippen LogP contribution in [-0.2, 0) is 4.79 Å². The predicted molar refractivity (Wildman–Crippen MR) is 59.8 cm³/mol. The lowest BCUT2D eigenvalue weighted by Crippen LogP contribution is -2.29. The van der Waals surface area contributed by atoms with Gasteiger partial charge in [-0.1, -0.05) is 30.3 Å². The van der Waals surface area contributed by atoms with Crippen molar-refractivity contribution in [2.45, 2.75) is 25.1 Å². The largest absolute Gasteiger partial charge is 0.481 e. The summed E-state index contributed by atoms with van der Waals surface area (Å²) in [6.45, 7) is 0. The minimum absolute atomic E-state index is 0.431. The summed E-state index contributed by atoms with van der Waals surface area (Å²) in [4.78, 5) is 10.4. The first-order chi connectivity index (χ1) is 8.30. The summed E-state index contributed by atoms with van der Waals surface area (Å²) in [6.07, 6.45) is -5.94. The average molecular weight is 261 g/mol. The third-order valence-electron chi connectivity index (χ3n) is 2.65. The van der Waals surface area contributed by atoms with Gasteiger partial charge in [-0.2, -0.15) is 13.2 Å². The summed E-state index contributed by atoms with van der Waals surface area (Å²) in [5.41, 5.74) is 6.24. The van der Waals surface area contributed by atoms with E-state index < -0.39 is 36.9 Å². The zero-order valence-electron chi connectivity index (χ0n) is 9.52. The fourth-order valence-electron chi connectivity index (χ4n) is 1.69. The van der Waals surface area contributed by atoms with Gasteiger partial charge < -0.3 is 10.8 Å². The van der Waals surface area contributed by atoms with E-state index in [1.165, 1.54) is 0 Å². The van der Waals surface area contributed by atoms with Gasteiger partial charge in [0.25, 0.3) is 0 Å². The monoisotopic (exact) mass is 261 g/mol. The molecule has 1 rings (SSSR count). The Kier molecular flexibility index (Phi) is 4.72. The van der Waals surface area contributed by atoms with Crippen LogP contribution >= 0.6 is 0 Å². The van der Waals surface area contributed by atoms with Gasteiger partial charge in [-0.15, -0.1) is 0 Å². The minimum Gasteiger partial charge on any atom is -0.481 e. The first-order valence-electron chi connectivity index (χ1n) is 5.39. The molecule has 0 unspecified atom stereocenters. The lowest BCUT2D eigenvalue weighted by atomic mass is 9.92. The number of aliphatic carboxylic acids is 1. The standard InChI is InChI=1S/C12H14F3NO2/c13-12(14,15)9(7-11(17)18)6-10(16)8-4-2-1-3-5-8/h1-5,9-10H,6-7,16H2,(H,17,18)/t9-,10+/m0/s1. The molecule has 0 amide bonds. The Hall–Kier alpha value is -1.56. The summed E-state index contributed by atoms with van der Waals surface area (Å²) in [5.74, 6) is -3.40. The molecule has 0 fully saturated rings. The number of halogens is 3. The molecule has 0 aliphatic heterocycles. The Morgan fingerprint density at radius 2 is 1.83 bits per heavy atom. The molecule has 18 heavy (non-hydrogen) atoms. The molecule has 0 bridgehead atoms. The molecule has 0 saturated carbocycles. The van der Waals surface area contributed by atoms with Crippen molar-refractivity contribution >= 4 is 5.97 Å². The first-order valence-corrected chi connectivity index (χ1v) is 5.39. The topological polar surface area (TPSA) is 63.3 Å². The second kappa shape index (κ2) is 5.86. The Labute approximate surface area is 102 Å². The summed E-state index contributed by atoms with van der Waals surface area (Å²) < 4.78 is 37.9. The second-order valence-corrected chi connectivity index (χ2v) is 4.09. The molecule has 0 aromatic heterocycles. The zero-order chi connectivity index (χ0) is 13.8. The van der Waals surface area contributed by atoms with E-state index in [9.17, 15) is 18.0 Å². The maximum absolute atomic E-state index is 12.6. The Morgan fingerprint density at radius 3 is 2.28 bits per heavy atom. The van der Waals surface area contributed by atoms with Crippen molar-refractivity contribution in [3.8, 4) is 0 Å². The molecule has 0 aliphatic rings. The third-order valence-corrected chi connectivity index (χ3v) is 2.65. The van der Waals surface area contributed by atoms with Crippen molar-refractivity contribution in [1.82, 2.24) is 0 Å². The molecular formula is C12H14F3NO2. The van der Waals surface area contributed by atoms with Crippen LogP contribution in [0.5, 0.6) is 0 Å². The van der Waals surface area contributed by atoms with E-state index in [0.29, 0.717) is 5.56 Å². The molecule has 3 N–H and O–H groups in total. The maximum atomic E-state index is 12.6. The van der Waals surface area contributed by atoms with Crippen LogP contribution in [0.1, 0.15) is 24.4 Å². The molecule has 0 aliphatic carbocycles. The number of carbonyl (C=O) groups is 1. The van der Waals surface area contributed by atoms with Gasteiger partial charge in [-0.3, -0.25) is 4.79 Å². The highest BCUT2D eigenvalue weighted by atomic mass is 19.4. The number of benzene rings is 1. The molecular weight excluding hydrogens is 247 g/mol. The van der Waals surface area contributed by atoms with E-state index in [-0.39, 0.29) is 0 Å². The van der Waals surface area contributed by atoms with E-state index in [0.717, 1.165) is 0 Å². The molecule has 0 heterocycles. The van der Waals surface area contributed by atoms with Crippen LogP contribution in [0.3, 0.4) is 0 Å². The Balaban J connectivity index is 2.75. The number of nitrogens with two attached hydrogens (primary N) is 1. The summed E-state index contributed by atoms with van der Waals surface area (Å²) >= 11 is 0. The van der Waals surface area contributed by atoms with Gasteiger partial charge in [0.15, 0.2) is 0 Å². The van der Waals surface area contributed by atoms with E-state index in [2.05, 4.69) is 0 Å². The van der Waals surface area contributed by atoms with Crippen molar-refractivity contribution < 1.29 is 23.1 Å².